The Labute approximate surface area is 193 Å². The summed E-state index contributed by atoms with van der Waals surface area (Å²) < 4.78 is 16.4. The quantitative estimate of drug-likeness (QED) is 0.175. The molecule has 0 saturated carbocycles. The number of aliphatic imine (C=N–C) groups is 1. The van der Waals surface area contributed by atoms with Crippen LogP contribution in [0, 0.1) is 11.8 Å². The standard InChI is InChI=1S/C20H40N4O4.HI/c1-15(2)17(24-19(25)28-20(3,4)5)12-23-18(21-6)22-9-7-10-26-13-16-8-11-27-14-16;/h15-17H,7-14H2,1-6H3,(H,24,25)(H2,21,22,23);1H. The molecule has 1 aliphatic heterocycles. The van der Waals surface area contributed by atoms with Crippen molar-refractivity contribution in [2.24, 2.45) is 16.8 Å². The molecule has 8 nitrogen and oxygen atoms in total. The van der Waals surface area contributed by atoms with E-state index >= 15 is 0 Å². The number of nitrogens with zero attached hydrogens (tertiary/aromatic N) is 1. The van der Waals surface area contributed by atoms with Gasteiger partial charge in [-0.2, -0.15) is 0 Å². The molecule has 0 spiro atoms. The molecule has 1 saturated heterocycles. The normalized spacial score (nSPS) is 18.2. The van der Waals surface area contributed by atoms with Gasteiger partial charge in [0.2, 0.25) is 0 Å². The Balaban J connectivity index is 0.00000784. The molecule has 1 heterocycles. The minimum Gasteiger partial charge on any atom is -0.444 e. The molecule has 1 fully saturated rings. The smallest absolute Gasteiger partial charge is 0.407 e. The zero-order chi connectivity index (χ0) is 21.0. The average Bonchev–Trinajstić information content (AvgIpc) is 3.10. The molecule has 172 valence electrons. The molecule has 0 radical (unpaired) electrons. The first kappa shape index (κ1) is 28.2. The monoisotopic (exact) mass is 528 g/mol. The zero-order valence-electron chi connectivity index (χ0n) is 18.9. The summed E-state index contributed by atoms with van der Waals surface area (Å²) in [5.74, 6) is 1.51. The van der Waals surface area contributed by atoms with Gasteiger partial charge in [0, 0.05) is 39.3 Å². The molecule has 29 heavy (non-hydrogen) atoms. The number of alkyl carbamates (subject to hydrolysis) is 1. The highest BCUT2D eigenvalue weighted by Gasteiger charge is 2.21. The molecule has 1 aliphatic rings. The first-order valence-electron chi connectivity index (χ1n) is 10.3. The second-order valence-corrected chi connectivity index (χ2v) is 8.53. The molecular weight excluding hydrogens is 487 g/mol. The summed E-state index contributed by atoms with van der Waals surface area (Å²) >= 11 is 0. The van der Waals surface area contributed by atoms with E-state index in [1.807, 2.05) is 20.8 Å². The van der Waals surface area contributed by atoms with Gasteiger partial charge in [-0.05, 0) is 39.5 Å². The highest BCUT2D eigenvalue weighted by Crippen LogP contribution is 2.12. The predicted octanol–water partition coefficient (Wildman–Crippen LogP) is 2.76. The Morgan fingerprint density at radius 3 is 2.55 bits per heavy atom. The lowest BCUT2D eigenvalue weighted by Gasteiger charge is -2.26. The third-order valence-corrected chi connectivity index (χ3v) is 4.36. The summed E-state index contributed by atoms with van der Waals surface area (Å²) in [7, 11) is 1.73. The molecule has 3 N–H and O–H groups in total. The average molecular weight is 528 g/mol. The van der Waals surface area contributed by atoms with Crippen LogP contribution < -0.4 is 16.0 Å². The van der Waals surface area contributed by atoms with E-state index < -0.39 is 11.7 Å². The van der Waals surface area contributed by atoms with Crippen molar-refractivity contribution in [3.8, 4) is 0 Å². The van der Waals surface area contributed by atoms with Gasteiger partial charge in [0.05, 0.1) is 19.3 Å². The van der Waals surface area contributed by atoms with E-state index in [0.29, 0.717) is 18.4 Å². The Kier molecular flexibility index (Phi) is 14.6. The number of amides is 1. The van der Waals surface area contributed by atoms with Gasteiger partial charge >= 0.3 is 6.09 Å². The Hall–Kier alpha value is -0.810. The lowest BCUT2D eigenvalue weighted by atomic mass is 10.0. The molecule has 1 amide bonds. The number of hydrogen-bond acceptors (Lipinski definition) is 5. The van der Waals surface area contributed by atoms with Crippen LogP contribution in [0.25, 0.3) is 0 Å². The number of nitrogens with one attached hydrogen (secondary N) is 3. The number of guanidine groups is 1. The van der Waals surface area contributed by atoms with E-state index in [0.717, 1.165) is 45.8 Å². The van der Waals surface area contributed by atoms with Crippen molar-refractivity contribution in [1.29, 1.82) is 0 Å². The largest absolute Gasteiger partial charge is 0.444 e. The van der Waals surface area contributed by atoms with Crippen molar-refractivity contribution in [1.82, 2.24) is 16.0 Å². The van der Waals surface area contributed by atoms with Crippen molar-refractivity contribution in [2.45, 2.75) is 59.1 Å². The van der Waals surface area contributed by atoms with Crippen molar-refractivity contribution in [3.63, 3.8) is 0 Å². The SMILES string of the molecule is CN=C(NCCCOCC1CCOC1)NCC(NC(=O)OC(C)(C)C)C(C)C.I. The molecular formula is C20H41IN4O4. The van der Waals surface area contributed by atoms with Crippen molar-refractivity contribution in [2.75, 3.05) is 46.6 Å². The molecule has 1 rings (SSSR count). The number of hydrogen-bond donors (Lipinski definition) is 3. The van der Waals surface area contributed by atoms with Crippen LogP contribution in [0.5, 0.6) is 0 Å². The summed E-state index contributed by atoms with van der Waals surface area (Å²) in [6, 6.07) is -0.0645. The fraction of sp³-hybridized carbons (Fsp3) is 0.900. The van der Waals surface area contributed by atoms with Gasteiger partial charge in [-0.25, -0.2) is 4.79 Å². The lowest BCUT2D eigenvalue weighted by Crippen LogP contribution is -2.50. The molecule has 0 aromatic carbocycles. The second kappa shape index (κ2) is 15.1. The van der Waals surface area contributed by atoms with E-state index in [9.17, 15) is 4.79 Å². The zero-order valence-corrected chi connectivity index (χ0v) is 21.2. The number of ether oxygens (including phenoxy) is 3. The summed E-state index contributed by atoms with van der Waals surface area (Å²) in [4.78, 5) is 16.3. The van der Waals surface area contributed by atoms with Crippen LogP contribution in [0.1, 0.15) is 47.5 Å². The van der Waals surface area contributed by atoms with Gasteiger partial charge < -0.3 is 30.2 Å². The molecule has 0 aromatic rings. The van der Waals surface area contributed by atoms with E-state index in [4.69, 9.17) is 14.2 Å². The van der Waals surface area contributed by atoms with E-state index in [-0.39, 0.29) is 35.9 Å². The molecule has 0 bridgehead atoms. The van der Waals surface area contributed by atoms with Gasteiger partial charge in [0.15, 0.2) is 5.96 Å². The fourth-order valence-electron chi connectivity index (χ4n) is 2.69. The van der Waals surface area contributed by atoms with Gasteiger partial charge in [-0.3, -0.25) is 4.99 Å². The van der Waals surface area contributed by atoms with Gasteiger partial charge in [-0.15, -0.1) is 24.0 Å². The van der Waals surface area contributed by atoms with Gasteiger partial charge in [0.25, 0.3) is 0 Å². The Bertz CT molecular complexity index is 478. The summed E-state index contributed by atoms with van der Waals surface area (Å²) in [6.07, 6.45) is 1.60. The summed E-state index contributed by atoms with van der Waals surface area (Å²) in [5.41, 5.74) is -0.510. The minimum atomic E-state index is -0.510. The third-order valence-electron chi connectivity index (χ3n) is 4.36. The van der Waals surface area contributed by atoms with E-state index in [1.54, 1.807) is 7.05 Å². The van der Waals surface area contributed by atoms with E-state index in [1.165, 1.54) is 0 Å². The number of carbonyl (C=O) groups is 1. The second-order valence-electron chi connectivity index (χ2n) is 8.53. The molecule has 9 heteroatoms. The van der Waals surface area contributed by atoms with Crippen LogP contribution in [0.3, 0.4) is 0 Å². The molecule has 0 aromatic heterocycles. The van der Waals surface area contributed by atoms with Crippen LogP contribution in [-0.4, -0.2) is 70.3 Å². The Morgan fingerprint density at radius 1 is 1.28 bits per heavy atom. The van der Waals surface area contributed by atoms with Crippen LogP contribution in [0.15, 0.2) is 4.99 Å². The van der Waals surface area contributed by atoms with Crippen molar-refractivity contribution in [3.05, 3.63) is 0 Å². The fourth-order valence-corrected chi connectivity index (χ4v) is 2.69. The number of rotatable bonds is 10. The molecule has 2 unspecified atom stereocenters. The highest BCUT2D eigenvalue weighted by molar-refractivity contribution is 14.0. The van der Waals surface area contributed by atoms with Crippen molar-refractivity contribution < 1.29 is 19.0 Å². The lowest BCUT2D eigenvalue weighted by molar-refractivity contribution is 0.0491. The first-order valence-corrected chi connectivity index (χ1v) is 10.3. The maximum Gasteiger partial charge on any atom is 0.407 e. The predicted molar refractivity (Wildman–Crippen MR) is 127 cm³/mol. The van der Waals surface area contributed by atoms with Gasteiger partial charge in [-0.1, -0.05) is 13.8 Å². The van der Waals surface area contributed by atoms with Crippen LogP contribution >= 0.6 is 24.0 Å². The molecule has 2 atom stereocenters. The van der Waals surface area contributed by atoms with Crippen LogP contribution in [0.2, 0.25) is 0 Å². The summed E-state index contributed by atoms with van der Waals surface area (Å²) in [6.45, 7) is 14.2. The van der Waals surface area contributed by atoms with Crippen molar-refractivity contribution >= 4 is 36.0 Å². The first-order chi connectivity index (χ1) is 13.2. The molecule has 0 aliphatic carbocycles. The topological polar surface area (TPSA) is 93.2 Å². The minimum absolute atomic E-state index is 0. The van der Waals surface area contributed by atoms with Crippen LogP contribution in [0.4, 0.5) is 4.79 Å². The van der Waals surface area contributed by atoms with Crippen LogP contribution in [-0.2, 0) is 14.2 Å². The number of carbonyl (C=O) groups excluding carboxylic acids is 1. The highest BCUT2D eigenvalue weighted by atomic mass is 127. The maximum atomic E-state index is 12.0. The maximum absolute atomic E-state index is 12.0. The third kappa shape index (κ3) is 13.9. The van der Waals surface area contributed by atoms with E-state index in [2.05, 4.69) is 34.8 Å². The van der Waals surface area contributed by atoms with Gasteiger partial charge in [0.1, 0.15) is 5.60 Å². The Morgan fingerprint density at radius 2 is 2.00 bits per heavy atom. The summed E-state index contributed by atoms with van der Waals surface area (Å²) in [5, 5.41) is 9.47. The number of halogens is 1.